The standard InChI is InChI=1S/C11H16BrNO5/c1-3-17-10(15)8(7(2)12)6-9(14)13-4-5-18-11(13)16/h7-8H,3-6H2,1-2H3/t7-,8+/m0/s1. The van der Waals surface area contributed by atoms with E-state index in [9.17, 15) is 14.4 Å². The van der Waals surface area contributed by atoms with Crippen molar-refractivity contribution in [2.75, 3.05) is 19.8 Å². The molecule has 0 aromatic carbocycles. The van der Waals surface area contributed by atoms with Gasteiger partial charge in [0.2, 0.25) is 5.91 Å². The lowest BCUT2D eigenvalue weighted by molar-refractivity contribution is -0.150. The lowest BCUT2D eigenvalue weighted by Gasteiger charge is -2.19. The maximum atomic E-state index is 11.9. The van der Waals surface area contributed by atoms with Crippen LogP contribution in [0, 0.1) is 5.92 Å². The number of alkyl halides is 1. The zero-order valence-corrected chi connectivity index (χ0v) is 11.9. The van der Waals surface area contributed by atoms with Crippen LogP contribution >= 0.6 is 15.9 Å². The highest BCUT2D eigenvalue weighted by Gasteiger charge is 2.34. The van der Waals surface area contributed by atoms with Gasteiger partial charge in [-0.3, -0.25) is 9.59 Å². The highest BCUT2D eigenvalue weighted by Crippen LogP contribution is 2.20. The summed E-state index contributed by atoms with van der Waals surface area (Å²) in [6.07, 6.45) is -0.717. The van der Waals surface area contributed by atoms with Crippen LogP contribution in [-0.4, -0.2) is 47.5 Å². The van der Waals surface area contributed by atoms with Crippen LogP contribution in [0.4, 0.5) is 4.79 Å². The molecular weight excluding hydrogens is 306 g/mol. The zero-order chi connectivity index (χ0) is 13.7. The number of carbonyl (C=O) groups is 3. The number of ether oxygens (including phenoxy) is 2. The highest BCUT2D eigenvalue weighted by atomic mass is 79.9. The Morgan fingerprint density at radius 3 is 2.67 bits per heavy atom. The molecule has 1 aliphatic rings. The Morgan fingerprint density at radius 1 is 1.56 bits per heavy atom. The van der Waals surface area contributed by atoms with E-state index in [0.29, 0.717) is 0 Å². The van der Waals surface area contributed by atoms with Crippen molar-refractivity contribution in [3.8, 4) is 0 Å². The summed E-state index contributed by atoms with van der Waals surface area (Å²) in [6.45, 7) is 4.17. The van der Waals surface area contributed by atoms with Crippen molar-refractivity contribution in [2.24, 2.45) is 5.92 Å². The van der Waals surface area contributed by atoms with Gasteiger partial charge in [0.25, 0.3) is 0 Å². The van der Waals surface area contributed by atoms with E-state index in [4.69, 9.17) is 4.74 Å². The first-order valence-corrected chi connectivity index (χ1v) is 6.66. The molecule has 1 aliphatic heterocycles. The topological polar surface area (TPSA) is 72.9 Å². The van der Waals surface area contributed by atoms with E-state index in [0.717, 1.165) is 4.90 Å². The Labute approximate surface area is 114 Å². The van der Waals surface area contributed by atoms with E-state index in [-0.39, 0.29) is 31.0 Å². The minimum Gasteiger partial charge on any atom is -0.466 e. The maximum Gasteiger partial charge on any atom is 0.416 e. The van der Waals surface area contributed by atoms with Gasteiger partial charge in [0.1, 0.15) is 6.61 Å². The second-order valence-electron chi connectivity index (χ2n) is 3.90. The molecule has 102 valence electrons. The van der Waals surface area contributed by atoms with Gasteiger partial charge in [-0.05, 0) is 6.92 Å². The molecule has 0 N–H and O–H groups in total. The smallest absolute Gasteiger partial charge is 0.416 e. The first kappa shape index (κ1) is 14.9. The number of nitrogens with zero attached hydrogens (tertiary/aromatic N) is 1. The average molecular weight is 322 g/mol. The number of carbonyl (C=O) groups excluding carboxylic acids is 3. The molecule has 0 saturated carbocycles. The Balaban J connectivity index is 2.63. The van der Waals surface area contributed by atoms with E-state index >= 15 is 0 Å². The van der Waals surface area contributed by atoms with Gasteiger partial charge >= 0.3 is 12.1 Å². The van der Waals surface area contributed by atoms with Gasteiger partial charge in [0.15, 0.2) is 0 Å². The number of amides is 2. The summed E-state index contributed by atoms with van der Waals surface area (Å²) in [7, 11) is 0. The van der Waals surface area contributed by atoms with Gasteiger partial charge in [0.05, 0.1) is 19.1 Å². The molecule has 2 atom stereocenters. The van der Waals surface area contributed by atoms with Crippen LogP contribution < -0.4 is 0 Å². The molecule has 0 aromatic heterocycles. The normalized spacial score (nSPS) is 18.2. The quantitative estimate of drug-likeness (QED) is 0.564. The number of imide groups is 1. The van der Waals surface area contributed by atoms with Crippen LogP contribution in [0.25, 0.3) is 0 Å². The van der Waals surface area contributed by atoms with Crippen molar-refractivity contribution in [1.82, 2.24) is 4.90 Å². The van der Waals surface area contributed by atoms with E-state index < -0.39 is 23.9 Å². The molecule has 1 rings (SSSR count). The molecule has 6 nitrogen and oxygen atoms in total. The lowest BCUT2D eigenvalue weighted by Crippen LogP contribution is -2.36. The monoisotopic (exact) mass is 321 g/mol. The third-order valence-corrected chi connectivity index (χ3v) is 3.24. The Morgan fingerprint density at radius 2 is 2.22 bits per heavy atom. The fourth-order valence-corrected chi connectivity index (χ4v) is 2.00. The van der Waals surface area contributed by atoms with Gasteiger partial charge in [-0.2, -0.15) is 0 Å². The van der Waals surface area contributed by atoms with Crippen LogP contribution in [0.3, 0.4) is 0 Å². The molecule has 0 aliphatic carbocycles. The Bertz CT molecular complexity index is 344. The van der Waals surface area contributed by atoms with Crippen LogP contribution in [0.15, 0.2) is 0 Å². The second-order valence-corrected chi connectivity index (χ2v) is 5.34. The largest absolute Gasteiger partial charge is 0.466 e. The van der Waals surface area contributed by atoms with E-state index in [1.807, 2.05) is 0 Å². The summed E-state index contributed by atoms with van der Waals surface area (Å²) in [5, 5.41) is 0. The fourth-order valence-electron chi connectivity index (χ4n) is 1.60. The van der Waals surface area contributed by atoms with Gasteiger partial charge in [-0.1, -0.05) is 22.9 Å². The van der Waals surface area contributed by atoms with E-state index in [1.165, 1.54) is 0 Å². The second kappa shape index (κ2) is 6.72. The van der Waals surface area contributed by atoms with Gasteiger partial charge in [-0.15, -0.1) is 0 Å². The third-order valence-electron chi connectivity index (χ3n) is 2.60. The molecule has 1 fully saturated rings. The molecule has 0 aromatic rings. The number of hydrogen-bond donors (Lipinski definition) is 0. The van der Waals surface area contributed by atoms with Crippen molar-refractivity contribution < 1.29 is 23.9 Å². The number of rotatable bonds is 5. The molecule has 7 heteroatoms. The van der Waals surface area contributed by atoms with Crippen LogP contribution in [0.1, 0.15) is 20.3 Å². The summed E-state index contributed by atoms with van der Waals surface area (Å²) in [6, 6.07) is 0. The van der Waals surface area contributed by atoms with Gasteiger partial charge < -0.3 is 9.47 Å². The summed E-state index contributed by atoms with van der Waals surface area (Å²) >= 11 is 3.28. The van der Waals surface area contributed by atoms with Crippen molar-refractivity contribution in [3.63, 3.8) is 0 Å². The summed E-state index contributed by atoms with van der Waals surface area (Å²) in [5.41, 5.74) is 0. The molecule has 0 spiro atoms. The number of halogens is 1. The molecule has 1 heterocycles. The Kier molecular flexibility index (Phi) is 5.58. The SMILES string of the molecule is CCOC(=O)[C@H](CC(=O)N1CCOC1=O)[C@H](C)Br. The number of esters is 1. The fraction of sp³-hybridized carbons (Fsp3) is 0.727. The molecule has 1 saturated heterocycles. The van der Waals surface area contributed by atoms with Crippen molar-refractivity contribution in [1.29, 1.82) is 0 Å². The minimum absolute atomic E-state index is 0.0691. The number of cyclic esters (lactones) is 1. The predicted molar refractivity (Wildman–Crippen MR) is 66.2 cm³/mol. The average Bonchev–Trinajstić information content (AvgIpc) is 2.71. The summed E-state index contributed by atoms with van der Waals surface area (Å²) in [4.78, 5) is 35.6. The molecule has 0 radical (unpaired) electrons. The van der Waals surface area contributed by atoms with Crippen LogP contribution in [0.5, 0.6) is 0 Å². The van der Waals surface area contributed by atoms with Crippen molar-refractivity contribution in [2.45, 2.75) is 25.1 Å². The minimum atomic E-state index is -0.648. The third kappa shape index (κ3) is 3.69. The lowest BCUT2D eigenvalue weighted by atomic mass is 10.0. The molecule has 0 bridgehead atoms. The Hall–Kier alpha value is -1.11. The predicted octanol–water partition coefficient (Wildman–Crippen LogP) is 1.32. The molecule has 18 heavy (non-hydrogen) atoms. The zero-order valence-electron chi connectivity index (χ0n) is 10.3. The molecule has 0 unspecified atom stereocenters. The molecular formula is C11H16BrNO5. The first-order chi connectivity index (χ1) is 8.47. The first-order valence-electron chi connectivity index (χ1n) is 5.75. The van der Waals surface area contributed by atoms with Gasteiger partial charge in [-0.25, -0.2) is 9.69 Å². The van der Waals surface area contributed by atoms with Crippen molar-refractivity contribution >= 4 is 33.9 Å². The van der Waals surface area contributed by atoms with Crippen LogP contribution in [-0.2, 0) is 19.1 Å². The summed E-state index contributed by atoms with van der Waals surface area (Å²) < 4.78 is 9.57. The highest BCUT2D eigenvalue weighted by molar-refractivity contribution is 9.09. The number of hydrogen-bond acceptors (Lipinski definition) is 5. The molecule has 2 amide bonds. The van der Waals surface area contributed by atoms with E-state index in [2.05, 4.69) is 20.7 Å². The summed E-state index contributed by atoms with van der Waals surface area (Å²) in [5.74, 6) is -1.46. The van der Waals surface area contributed by atoms with Gasteiger partial charge in [0, 0.05) is 11.2 Å². The van der Waals surface area contributed by atoms with Crippen molar-refractivity contribution in [3.05, 3.63) is 0 Å². The maximum absolute atomic E-state index is 11.9. The van der Waals surface area contributed by atoms with E-state index in [1.54, 1.807) is 13.8 Å². The van der Waals surface area contributed by atoms with Crippen LogP contribution in [0.2, 0.25) is 0 Å².